The van der Waals surface area contributed by atoms with E-state index in [1.807, 2.05) is 18.2 Å². The van der Waals surface area contributed by atoms with Gasteiger partial charge in [-0.3, -0.25) is 0 Å². The molecule has 1 fully saturated rings. The molecule has 0 radical (unpaired) electrons. The van der Waals surface area contributed by atoms with Crippen molar-refractivity contribution in [2.75, 3.05) is 6.61 Å². The van der Waals surface area contributed by atoms with E-state index in [0.717, 1.165) is 36.2 Å². The Labute approximate surface area is 173 Å². The molecule has 0 aromatic heterocycles. The molecular weight excluding hydrogens is 340 g/mol. The smallest absolute Gasteiger partial charge is 0.119 e. The maximum atomic E-state index is 5.74. The molecule has 1 aliphatic carbocycles. The maximum absolute atomic E-state index is 5.74. The molecule has 0 N–H and O–H groups in total. The van der Waals surface area contributed by atoms with Gasteiger partial charge < -0.3 is 4.74 Å². The van der Waals surface area contributed by atoms with Crippen LogP contribution in [0.4, 0.5) is 0 Å². The Kier molecular flexibility index (Phi) is 11.3. The summed E-state index contributed by atoms with van der Waals surface area (Å²) >= 11 is 0. The number of rotatable bonds is 10. The second-order valence-electron chi connectivity index (χ2n) is 8.03. The van der Waals surface area contributed by atoms with Crippen LogP contribution in [-0.4, -0.2) is 6.61 Å². The van der Waals surface area contributed by atoms with E-state index in [1.54, 1.807) is 0 Å². The fourth-order valence-electron chi connectivity index (χ4n) is 3.80. The van der Waals surface area contributed by atoms with E-state index in [1.165, 1.54) is 57.8 Å². The summed E-state index contributed by atoms with van der Waals surface area (Å²) in [6.07, 6.45) is 21.6. The lowest BCUT2D eigenvalue weighted by Gasteiger charge is -2.26. The number of benzene rings is 1. The molecule has 0 aliphatic heterocycles. The molecule has 1 aliphatic rings. The number of hydrogen-bond donors (Lipinski definition) is 0. The molecule has 28 heavy (non-hydrogen) atoms. The topological polar surface area (TPSA) is 9.23 Å². The minimum atomic E-state index is 0.737. The lowest BCUT2D eigenvalue weighted by Crippen LogP contribution is -2.12. The van der Waals surface area contributed by atoms with Crippen molar-refractivity contribution in [1.82, 2.24) is 0 Å². The zero-order valence-electron chi connectivity index (χ0n) is 18.0. The van der Waals surface area contributed by atoms with Gasteiger partial charge in [0.2, 0.25) is 0 Å². The largest absolute Gasteiger partial charge is 0.494 e. The van der Waals surface area contributed by atoms with Crippen LogP contribution in [0.25, 0.3) is 6.08 Å². The summed E-state index contributed by atoms with van der Waals surface area (Å²) in [4.78, 5) is 0. The molecule has 152 valence electrons. The molecule has 0 atom stereocenters. The monoisotopic (exact) mass is 378 g/mol. The van der Waals surface area contributed by atoms with E-state index in [2.05, 4.69) is 56.0 Å². The maximum Gasteiger partial charge on any atom is 0.119 e. The quantitative estimate of drug-likeness (QED) is 0.298. The second kappa shape index (κ2) is 14.1. The van der Waals surface area contributed by atoms with Crippen molar-refractivity contribution in [3.8, 4) is 17.6 Å². The molecule has 1 aromatic rings. The highest BCUT2D eigenvalue weighted by atomic mass is 16.5. The molecule has 0 saturated heterocycles. The zero-order valence-corrected chi connectivity index (χ0v) is 18.0. The Bertz CT molecular complexity index is 633. The van der Waals surface area contributed by atoms with Gasteiger partial charge >= 0.3 is 0 Å². The van der Waals surface area contributed by atoms with Crippen molar-refractivity contribution in [1.29, 1.82) is 0 Å². The van der Waals surface area contributed by atoms with Gasteiger partial charge in [-0.25, -0.2) is 0 Å². The van der Waals surface area contributed by atoms with E-state index < -0.39 is 0 Å². The van der Waals surface area contributed by atoms with Crippen LogP contribution in [0.2, 0.25) is 0 Å². The molecule has 0 spiro atoms. The highest BCUT2D eigenvalue weighted by Gasteiger charge is 2.18. The fraction of sp³-hybridized carbons (Fsp3) is 0.556. The molecule has 2 rings (SSSR count). The first-order chi connectivity index (χ1) is 13.8. The lowest BCUT2D eigenvalue weighted by atomic mass is 9.80. The van der Waals surface area contributed by atoms with Gasteiger partial charge in [0.25, 0.3) is 0 Å². The standard InChI is InChI=1S/C27H38O/c1-3-5-11-23-28-27-21-19-26(20-22-27)14-10-8-7-9-13-25-17-15-24(16-18-25)12-6-4-2/h9-10,13-14,19-22,24-25H,3-6,11-12,15-18,23H2,1-2H3. The van der Waals surface area contributed by atoms with Crippen molar-refractivity contribution in [2.24, 2.45) is 11.8 Å². The van der Waals surface area contributed by atoms with Gasteiger partial charge in [0, 0.05) is 0 Å². The molecular formula is C27H38O. The van der Waals surface area contributed by atoms with Crippen molar-refractivity contribution in [2.45, 2.75) is 78.1 Å². The highest BCUT2D eigenvalue weighted by Crippen LogP contribution is 2.32. The van der Waals surface area contributed by atoms with Crippen LogP contribution in [0.15, 0.2) is 42.5 Å². The first-order valence-electron chi connectivity index (χ1n) is 11.4. The van der Waals surface area contributed by atoms with Crippen LogP contribution in [0.1, 0.15) is 83.6 Å². The Morgan fingerprint density at radius 2 is 1.61 bits per heavy atom. The van der Waals surface area contributed by atoms with E-state index in [4.69, 9.17) is 4.74 Å². The first kappa shape index (κ1) is 22.4. The molecule has 0 amide bonds. The van der Waals surface area contributed by atoms with Crippen LogP contribution in [0.3, 0.4) is 0 Å². The predicted molar refractivity (Wildman–Crippen MR) is 122 cm³/mol. The van der Waals surface area contributed by atoms with Gasteiger partial charge in [-0.1, -0.05) is 76.0 Å². The third kappa shape index (κ3) is 9.32. The van der Waals surface area contributed by atoms with Crippen molar-refractivity contribution in [3.05, 3.63) is 48.1 Å². The molecule has 0 bridgehead atoms. The Balaban J connectivity index is 1.66. The van der Waals surface area contributed by atoms with Crippen LogP contribution in [-0.2, 0) is 0 Å². The Hall–Kier alpha value is -1.94. The van der Waals surface area contributed by atoms with Crippen LogP contribution < -0.4 is 4.74 Å². The average Bonchev–Trinajstić information content (AvgIpc) is 2.74. The summed E-state index contributed by atoms with van der Waals surface area (Å²) in [7, 11) is 0. The number of allylic oxidation sites excluding steroid dienone is 3. The van der Waals surface area contributed by atoms with Crippen molar-refractivity contribution in [3.63, 3.8) is 0 Å². The summed E-state index contributed by atoms with van der Waals surface area (Å²) < 4.78 is 5.74. The van der Waals surface area contributed by atoms with Crippen LogP contribution in [0, 0.1) is 23.7 Å². The number of hydrogen-bond acceptors (Lipinski definition) is 1. The second-order valence-corrected chi connectivity index (χ2v) is 8.03. The number of ether oxygens (including phenoxy) is 1. The van der Waals surface area contributed by atoms with Gasteiger partial charge in [-0.05, 0) is 79.9 Å². The van der Waals surface area contributed by atoms with E-state index in [-0.39, 0.29) is 0 Å². The van der Waals surface area contributed by atoms with E-state index in [0.29, 0.717) is 0 Å². The molecule has 1 saturated carbocycles. The molecule has 1 aromatic carbocycles. The molecule has 0 unspecified atom stereocenters. The van der Waals surface area contributed by atoms with E-state index in [9.17, 15) is 0 Å². The summed E-state index contributed by atoms with van der Waals surface area (Å²) in [5.41, 5.74) is 1.16. The summed E-state index contributed by atoms with van der Waals surface area (Å²) in [5, 5.41) is 0. The normalized spacial score (nSPS) is 19.6. The third-order valence-corrected chi connectivity index (χ3v) is 5.65. The number of unbranched alkanes of at least 4 members (excludes halogenated alkanes) is 3. The van der Waals surface area contributed by atoms with Crippen LogP contribution >= 0.6 is 0 Å². The van der Waals surface area contributed by atoms with Gasteiger partial charge in [-0.15, -0.1) is 0 Å². The SMILES string of the molecule is CCCCCOc1ccc(C=CC#CC=CC2CCC(CCCC)CC2)cc1. The Morgan fingerprint density at radius 3 is 2.32 bits per heavy atom. The van der Waals surface area contributed by atoms with Crippen LogP contribution in [0.5, 0.6) is 5.75 Å². The summed E-state index contributed by atoms with van der Waals surface area (Å²) in [5.74, 6) is 8.95. The van der Waals surface area contributed by atoms with Gasteiger partial charge in [0.05, 0.1) is 6.61 Å². The lowest BCUT2D eigenvalue weighted by molar-refractivity contribution is 0.291. The third-order valence-electron chi connectivity index (χ3n) is 5.65. The molecule has 0 heterocycles. The summed E-state index contributed by atoms with van der Waals surface area (Å²) in [6.45, 7) is 5.31. The van der Waals surface area contributed by atoms with Gasteiger partial charge in [0.15, 0.2) is 0 Å². The minimum Gasteiger partial charge on any atom is -0.494 e. The zero-order chi connectivity index (χ0) is 19.9. The average molecular weight is 379 g/mol. The van der Waals surface area contributed by atoms with Gasteiger partial charge in [0.1, 0.15) is 5.75 Å². The fourth-order valence-corrected chi connectivity index (χ4v) is 3.80. The molecule has 1 heteroatoms. The first-order valence-corrected chi connectivity index (χ1v) is 11.4. The van der Waals surface area contributed by atoms with Crippen molar-refractivity contribution >= 4 is 6.08 Å². The minimum absolute atomic E-state index is 0.737. The highest BCUT2D eigenvalue weighted by molar-refractivity contribution is 5.54. The summed E-state index contributed by atoms with van der Waals surface area (Å²) in [6, 6.07) is 8.24. The Morgan fingerprint density at radius 1 is 0.893 bits per heavy atom. The molecule has 1 nitrogen and oxygen atoms in total. The van der Waals surface area contributed by atoms with Crippen molar-refractivity contribution < 1.29 is 4.74 Å². The van der Waals surface area contributed by atoms with Gasteiger partial charge in [-0.2, -0.15) is 0 Å². The predicted octanol–water partition coefficient (Wildman–Crippen LogP) is 7.83. The van der Waals surface area contributed by atoms with E-state index >= 15 is 0 Å².